The van der Waals surface area contributed by atoms with E-state index in [1.54, 1.807) is 6.92 Å². The molecule has 102 valence electrons. The van der Waals surface area contributed by atoms with Gasteiger partial charge in [-0.3, -0.25) is 11.3 Å². The minimum absolute atomic E-state index is 0.0346. The van der Waals surface area contributed by atoms with Gasteiger partial charge in [0.2, 0.25) is 0 Å². The van der Waals surface area contributed by atoms with Gasteiger partial charge in [0.25, 0.3) is 0 Å². The molecular formula is C12H19BrN2O2S. The molecule has 0 spiro atoms. The lowest BCUT2D eigenvalue weighted by Crippen LogP contribution is -2.28. The monoisotopic (exact) mass is 334 g/mol. The number of halogens is 1. The second-order valence-corrected chi connectivity index (χ2v) is 7.45. The van der Waals surface area contributed by atoms with E-state index in [0.29, 0.717) is 12.8 Å². The highest BCUT2D eigenvalue weighted by atomic mass is 79.9. The topological polar surface area (TPSA) is 72.2 Å². The standard InChI is InChI=1S/C12H19BrN2O2S/c1-2-18(16,17)9-5-8-12(15-14)10-6-3-4-7-11(10)13/h3-4,6-7,12,15H,2,5,8-9,14H2,1H3. The minimum Gasteiger partial charge on any atom is -0.271 e. The van der Waals surface area contributed by atoms with E-state index >= 15 is 0 Å². The van der Waals surface area contributed by atoms with Gasteiger partial charge in [-0.2, -0.15) is 0 Å². The highest BCUT2D eigenvalue weighted by molar-refractivity contribution is 9.10. The van der Waals surface area contributed by atoms with Gasteiger partial charge in [0, 0.05) is 16.3 Å². The molecule has 4 nitrogen and oxygen atoms in total. The lowest BCUT2D eigenvalue weighted by molar-refractivity contribution is 0.505. The van der Waals surface area contributed by atoms with E-state index < -0.39 is 9.84 Å². The Morgan fingerprint density at radius 1 is 1.39 bits per heavy atom. The van der Waals surface area contributed by atoms with Crippen LogP contribution in [0, 0.1) is 0 Å². The average molecular weight is 335 g/mol. The Kier molecular flexibility index (Phi) is 6.28. The molecule has 1 atom stereocenters. The summed E-state index contributed by atoms with van der Waals surface area (Å²) in [6, 6.07) is 7.76. The van der Waals surface area contributed by atoms with E-state index in [-0.39, 0.29) is 17.5 Å². The van der Waals surface area contributed by atoms with Crippen molar-refractivity contribution in [2.24, 2.45) is 5.84 Å². The SMILES string of the molecule is CCS(=O)(=O)CCCC(NN)c1ccccc1Br. The van der Waals surface area contributed by atoms with Gasteiger partial charge in [-0.05, 0) is 24.5 Å². The molecule has 0 heterocycles. The van der Waals surface area contributed by atoms with Crippen LogP contribution in [0.5, 0.6) is 0 Å². The Labute approximate surface area is 117 Å². The van der Waals surface area contributed by atoms with Crippen LogP contribution in [0.2, 0.25) is 0 Å². The van der Waals surface area contributed by atoms with Crippen LogP contribution in [-0.4, -0.2) is 19.9 Å². The van der Waals surface area contributed by atoms with Gasteiger partial charge >= 0.3 is 0 Å². The quantitative estimate of drug-likeness (QED) is 0.592. The molecule has 0 radical (unpaired) electrons. The molecule has 0 bridgehead atoms. The summed E-state index contributed by atoms with van der Waals surface area (Å²) in [4.78, 5) is 0. The van der Waals surface area contributed by atoms with Gasteiger partial charge < -0.3 is 0 Å². The minimum atomic E-state index is -2.90. The molecule has 0 saturated carbocycles. The van der Waals surface area contributed by atoms with Gasteiger partial charge in [0.15, 0.2) is 0 Å². The van der Waals surface area contributed by atoms with Crippen LogP contribution in [0.4, 0.5) is 0 Å². The van der Waals surface area contributed by atoms with Crippen molar-refractivity contribution in [1.82, 2.24) is 5.43 Å². The van der Waals surface area contributed by atoms with Crippen LogP contribution < -0.4 is 11.3 Å². The zero-order chi connectivity index (χ0) is 13.6. The fourth-order valence-corrected chi connectivity index (χ4v) is 3.19. The molecule has 3 N–H and O–H groups in total. The van der Waals surface area contributed by atoms with E-state index in [1.807, 2.05) is 24.3 Å². The summed E-state index contributed by atoms with van der Waals surface area (Å²) in [7, 11) is -2.90. The summed E-state index contributed by atoms with van der Waals surface area (Å²) in [5.74, 6) is 5.95. The average Bonchev–Trinajstić information content (AvgIpc) is 2.36. The van der Waals surface area contributed by atoms with Gasteiger partial charge in [-0.25, -0.2) is 8.42 Å². The lowest BCUT2D eigenvalue weighted by atomic mass is 10.0. The number of hydrogen-bond donors (Lipinski definition) is 2. The molecule has 0 aliphatic rings. The first-order chi connectivity index (χ1) is 8.50. The largest absolute Gasteiger partial charge is 0.271 e. The van der Waals surface area contributed by atoms with Crippen LogP contribution >= 0.6 is 15.9 Å². The number of hydrogen-bond acceptors (Lipinski definition) is 4. The van der Waals surface area contributed by atoms with Gasteiger partial charge in [0.1, 0.15) is 9.84 Å². The fourth-order valence-electron chi connectivity index (χ4n) is 1.74. The van der Waals surface area contributed by atoms with E-state index in [4.69, 9.17) is 5.84 Å². The van der Waals surface area contributed by atoms with Crippen LogP contribution in [0.25, 0.3) is 0 Å². The summed E-state index contributed by atoms with van der Waals surface area (Å²) in [6.07, 6.45) is 1.30. The molecule has 0 aliphatic heterocycles. The van der Waals surface area contributed by atoms with Gasteiger partial charge in [0.05, 0.1) is 5.75 Å². The third-order valence-corrected chi connectivity index (χ3v) is 5.38. The Balaban J connectivity index is 2.61. The summed E-state index contributed by atoms with van der Waals surface area (Å²) in [5.41, 5.74) is 3.79. The van der Waals surface area contributed by atoms with Gasteiger partial charge in [-0.1, -0.05) is 41.1 Å². The van der Waals surface area contributed by atoms with Crippen molar-refractivity contribution in [3.63, 3.8) is 0 Å². The van der Waals surface area contributed by atoms with Crippen molar-refractivity contribution < 1.29 is 8.42 Å². The number of benzene rings is 1. The molecule has 1 rings (SSSR count). The molecule has 0 aromatic heterocycles. The second-order valence-electron chi connectivity index (χ2n) is 4.12. The molecule has 1 aromatic carbocycles. The van der Waals surface area contributed by atoms with Crippen molar-refractivity contribution in [3.8, 4) is 0 Å². The molecule has 0 fully saturated rings. The molecule has 1 aromatic rings. The predicted octanol–water partition coefficient (Wildman–Crippen LogP) is 2.17. The van der Waals surface area contributed by atoms with Gasteiger partial charge in [-0.15, -0.1) is 0 Å². The fraction of sp³-hybridized carbons (Fsp3) is 0.500. The molecule has 0 saturated heterocycles. The Morgan fingerprint density at radius 3 is 2.61 bits per heavy atom. The molecule has 18 heavy (non-hydrogen) atoms. The Morgan fingerprint density at radius 2 is 2.06 bits per heavy atom. The van der Waals surface area contributed by atoms with Crippen molar-refractivity contribution in [2.75, 3.05) is 11.5 Å². The van der Waals surface area contributed by atoms with E-state index in [1.165, 1.54) is 0 Å². The maximum atomic E-state index is 11.4. The number of nitrogens with two attached hydrogens (primary N) is 1. The maximum absolute atomic E-state index is 11.4. The van der Waals surface area contributed by atoms with Crippen LogP contribution in [0.3, 0.4) is 0 Å². The van der Waals surface area contributed by atoms with E-state index in [2.05, 4.69) is 21.4 Å². The summed E-state index contributed by atoms with van der Waals surface area (Å²) in [5, 5.41) is 0. The number of rotatable bonds is 7. The molecular weight excluding hydrogens is 316 g/mol. The van der Waals surface area contributed by atoms with Crippen molar-refractivity contribution in [3.05, 3.63) is 34.3 Å². The number of nitrogens with one attached hydrogen (secondary N) is 1. The van der Waals surface area contributed by atoms with Crippen LogP contribution in [0.1, 0.15) is 31.4 Å². The third kappa shape index (κ3) is 4.68. The second kappa shape index (κ2) is 7.23. The zero-order valence-corrected chi connectivity index (χ0v) is 12.8. The summed E-state index contributed by atoms with van der Waals surface area (Å²) >= 11 is 3.47. The summed E-state index contributed by atoms with van der Waals surface area (Å²) < 4.78 is 23.8. The van der Waals surface area contributed by atoms with E-state index in [9.17, 15) is 8.42 Å². The molecule has 1 unspecified atom stereocenters. The van der Waals surface area contributed by atoms with Crippen molar-refractivity contribution in [1.29, 1.82) is 0 Å². The first-order valence-electron chi connectivity index (χ1n) is 5.91. The zero-order valence-electron chi connectivity index (χ0n) is 10.4. The molecule has 0 amide bonds. The molecule has 6 heteroatoms. The summed E-state index contributed by atoms with van der Waals surface area (Å²) in [6.45, 7) is 1.67. The highest BCUT2D eigenvalue weighted by Crippen LogP contribution is 2.25. The first-order valence-corrected chi connectivity index (χ1v) is 8.52. The van der Waals surface area contributed by atoms with Crippen molar-refractivity contribution in [2.45, 2.75) is 25.8 Å². The number of hydrazine groups is 1. The number of sulfone groups is 1. The predicted molar refractivity (Wildman–Crippen MR) is 77.8 cm³/mol. The highest BCUT2D eigenvalue weighted by Gasteiger charge is 2.14. The normalized spacial score (nSPS) is 13.5. The first kappa shape index (κ1) is 15.6. The van der Waals surface area contributed by atoms with E-state index in [0.717, 1.165) is 10.0 Å². The Bertz CT molecular complexity index is 477. The third-order valence-electron chi connectivity index (χ3n) is 2.87. The Hall–Kier alpha value is -0.430. The maximum Gasteiger partial charge on any atom is 0.150 e. The van der Waals surface area contributed by atoms with Crippen LogP contribution in [0.15, 0.2) is 28.7 Å². The molecule has 0 aliphatic carbocycles. The van der Waals surface area contributed by atoms with Crippen LogP contribution in [-0.2, 0) is 9.84 Å². The van der Waals surface area contributed by atoms with Crippen molar-refractivity contribution >= 4 is 25.8 Å². The smallest absolute Gasteiger partial charge is 0.150 e. The lowest BCUT2D eigenvalue weighted by Gasteiger charge is -2.17.